The van der Waals surface area contributed by atoms with Gasteiger partial charge < -0.3 is 16.2 Å². The lowest BCUT2D eigenvalue weighted by molar-refractivity contribution is 0.0943. The smallest absolute Gasteiger partial charge is 0.271 e. The number of aromatic nitrogens is 3. The van der Waals surface area contributed by atoms with Crippen LogP contribution in [0.15, 0.2) is 24.3 Å². The van der Waals surface area contributed by atoms with Gasteiger partial charge in [-0.3, -0.25) is 9.59 Å². The van der Waals surface area contributed by atoms with E-state index in [2.05, 4.69) is 20.7 Å². The van der Waals surface area contributed by atoms with Gasteiger partial charge in [-0.1, -0.05) is 12.1 Å². The van der Waals surface area contributed by atoms with Crippen molar-refractivity contribution in [2.75, 3.05) is 13.2 Å². The van der Waals surface area contributed by atoms with E-state index in [0.29, 0.717) is 16.8 Å². The third-order valence-corrected chi connectivity index (χ3v) is 2.60. The zero-order chi connectivity index (χ0) is 14.5. The molecule has 0 aliphatic heterocycles. The Labute approximate surface area is 114 Å². The van der Waals surface area contributed by atoms with Crippen molar-refractivity contribution in [1.82, 2.24) is 20.7 Å². The number of benzene rings is 1. The maximum Gasteiger partial charge on any atom is 0.271 e. The van der Waals surface area contributed by atoms with Crippen LogP contribution in [0.4, 0.5) is 0 Å². The number of carbonyl (C=O) groups is 2. The van der Waals surface area contributed by atoms with Crippen molar-refractivity contribution in [3.8, 4) is 11.3 Å². The van der Waals surface area contributed by atoms with Gasteiger partial charge in [0.25, 0.3) is 11.8 Å². The van der Waals surface area contributed by atoms with Crippen LogP contribution >= 0.6 is 0 Å². The SMILES string of the molecule is NC(=O)c1n[nH]nc1-c1ccc(C(=O)NCCO)cc1. The molecule has 0 atom stereocenters. The van der Waals surface area contributed by atoms with Crippen LogP contribution in [0.3, 0.4) is 0 Å². The number of primary amides is 1. The average Bonchev–Trinajstić information content (AvgIpc) is 2.94. The largest absolute Gasteiger partial charge is 0.395 e. The molecular formula is C12H13N5O3. The van der Waals surface area contributed by atoms with Gasteiger partial charge in [0.2, 0.25) is 0 Å². The molecule has 0 fully saturated rings. The van der Waals surface area contributed by atoms with Crippen molar-refractivity contribution in [3.63, 3.8) is 0 Å². The molecule has 1 heterocycles. The van der Waals surface area contributed by atoms with Crippen LogP contribution in [0.2, 0.25) is 0 Å². The molecular weight excluding hydrogens is 262 g/mol. The Morgan fingerprint density at radius 2 is 1.95 bits per heavy atom. The number of hydrogen-bond donors (Lipinski definition) is 4. The van der Waals surface area contributed by atoms with E-state index in [4.69, 9.17) is 10.8 Å². The Morgan fingerprint density at radius 1 is 1.25 bits per heavy atom. The van der Waals surface area contributed by atoms with Crippen molar-refractivity contribution >= 4 is 11.8 Å². The first-order chi connectivity index (χ1) is 9.63. The van der Waals surface area contributed by atoms with Gasteiger partial charge in [-0.15, -0.1) is 0 Å². The number of nitrogens with two attached hydrogens (primary N) is 1. The highest BCUT2D eigenvalue weighted by Gasteiger charge is 2.15. The minimum Gasteiger partial charge on any atom is -0.395 e. The van der Waals surface area contributed by atoms with Gasteiger partial charge in [-0.25, -0.2) is 0 Å². The molecule has 20 heavy (non-hydrogen) atoms. The maximum absolute atomic E-state index is 11.6. The molecule has 0 saturated carbocycles. The number of nitrogens with zero attached hydrogens (tertiary/aromatic N) is 2. The van der Waals surface area contributed by atoms with Crippen LogP contribution in [-0.2, 0) is 0 Å². The van der Waals surface area contributed by atoms with E-state index < -0.39 is 5.91 Å². The van der Waals surface area contributed by atoms with Gasteiger partial charge in [-0.05, 0) is 12.1 Å². The summed E-state index contributed by atoms with van der Waals surface area (Å²) >= 11 is 0. The molecule has 0 aliphatic rings. The number of rotatable bonds is 5. The molecule has 0 saturated heterocycles. The third kappa shape index (κ3) is 2.81. The van der Waals surface area contributed by atoms with Crippen molar-refractivity contribution in [1.29, 1.82) is 0 Å². The van der Waals surface area contributed by atoms with Crippen LogP contribution in [0, 0.1) is 0 Å². The molecule has 2 amide bonds. The number of aromatic amines is 1. The number of amides is 2. The van der Waals surface area contributed by atoms with E-state index in [0.717, 1.165) is 0 Å². The van der Waals surface area contributed by atoms with Crippen LogP contribution in [-0.4, -0.2) is 45.5 Å². The molecule has 8 nitrogen and oxygen atoms in total. The highest BCUT2D eigenvalue weighted by atomic mass is 16.3. The van der Waals surface area contributed by atoms with E-state index >= 15 is 0 Å². The minimum absolute atomic E-state index is 0.0440. The van der Waals surface area contributed by atoms with Crippen LogP contribution in [0.25, 0.3) is 11.3 Å². The van der Waals surface area contributed by atoms with Gasteiger partial charge in [0, 0.05) is 17.7 Å². The van der Waals surface area contributed by atoms with E-state index in [1.807, 2.05) is 0 Å². The van der Waals surface area contributed by atoms with Gasteiger partial charge in [0.1, 0.15) is 5.69 Å². The Hall–Kier alpha value is -2.74. The molecule has 0 aliphatic carbocycles. The molecule has 2 rings (SSSR count). The first-order valence-corrected chi connectivity index (χ1v) is 5.83. The molecule has 0 radical (unpaired) electrons. The quantitative estimate of drug-likeness (QED) is 0.572. The number of carbonyl (C=O) groups excluding carboxylic acids is 2. The van der Waals surface area contributed by atoms with Crippen molar-refractivity contribution < 1.29 is 14.7 Å². The summed E-state index contributed by atoms with van der Waals surface area (Å²) < 4.78 is 0. The molecule has 0 bridgehead atoms. The van der Waals surface area contributed by atoms with E-state index in [1.165, 1.54) is 0 Å². The van der Waals surface area contributed by atoms with Crippen LogP contribution in [0.5, 0.6) is 0 Å². The highest BCUT2D eigenvalue weighted by molar-refractivity contribution is 5.97. The molecule has 5 N–H and O–H groups in total. The fraction of sp³-hybridized carbons (Fsp3) is 0.167. The Bertz CT molecular complexity index is 620. The van der Waals surface area contributed by atoms with Crippen molar-refractivity contribution in [2.24, 2.45) is 5.73 Å². The zero-order valence-corrected chi connectivity index (χ0v) is 10.5. The summed E-state index contributed by atoms with van der Waals surface area (Å²) in [5.74, 6) is -0.973. The highest BCUT2D eigenvalue weighted by Crippen LogP contribution is 2.19. The predicted molar refractivity (Wildman–Crippen MR) is 69.8 cm³/mol. The normalized spacial score (nSPS) is 10.2. The lowest BCUT2D eigenvalue weighted by Gasteiger charge is -2.04. The summed E-state index contributed by atoms with van der Waals surface area (Å²) in [6.07, 6.45) is 0. The molecule has 104 valence electrons. The Balaban J connectivity index is 2.22. The van der Waals surface area contributed by atoms with E-state index in [9.17, 15) is 9.59 Å². The maximum atomic E-state index is 11.6. The Morgan fingerprint density at radius 3 is 2.55 bits per heavy atom. The third-order valence-electron chi connectivity index (χ3n) is 2.60. The van der Waals surface area contributed by atoms with Gasteiger partial charge in [-0.2, -0.15) is 15.4 Å². The molecule has 2 aromatic rings. The lowest BCUT2D eigenvalue weighted by Crippen LogP contribution is -2.26. The number of H-pyrrole nitrogens is 1. The summed E-state index contributed by atoms with van der Waals surface area (Å²) in [7, 11) is 0. The minimum atomic E-state index is -0.682. The van der Waals surface area contributed by atoms with Gasteiger partial charge >= 0.3 is 0 Å². The first-order valence-electron chi connectivity index (χ1n) is 5.83. The van der Waals surface area contributed by atoms with E-state index in [-0.39, 0.29) is 24.8 Å². The summed E-state index contributed by atoms with van der Waals surface area (Å²) in [6, 6.07) is 6.44. The summed E-state index contributed by atoms with van der Waals surface area (Å²) in [6.45, 7) is 0.0699. The molecule has 0 spiro atoms. The standard InChI is InChI=1S/C12H13N5O3/c13-11(19)10-9(15-17-16-10)7-1-3-8(4-2-7)12(20)14-5-6-18/h1-4,18H,5-6H2,(H2,13,19)(H,14,20)(H,15,16,17). The number of aliphatic hydroxyl groups is 1. The van der Waals surface area contributed by atoms with Crippen molar-refractivity contribution in [2.45, 2.75) is 0 Å². The number of aliphatic hydroxyl groups excluding tert-OH is 1. The second-order valence-electron chi connectivity index (χ2n) is 3.94. The topological polar surface area (TPSA) is 134 Å². The van der Waals surface area contributed by atoms with E-state index in [1.54, 1.807) is 24.3 Å². The zero-order valence-electron chi connectivity index (χ0n) is 10.5. The number of hydrogen-bond acceptors (Lipinski definition) is 5. The fourth-order valence-electron chi connectivity index (χ4n) is 1.65. The van der Waals surface area contributed by atoms with Crippen LogP contribution < -0.4 is 11.1 Å². The molecule has 8 heteroatoms. The molecule has 1 aromatic heterocycles. The van der Waals surface area contributed by atoms with Gasteiger partial charge in [0.05, 0.1) is 6.61 Å². The second-order valence-corrected chi connectivity index (χ2v) is 3.94. The first kappa shape index (κ1) is 13.7. The average molecular weight is 275 g/mol. The predicted octanol–water partition coefficient (Wildman–Crippen LogP) is -0.707. The van der Waals surface area contributed by atoms with Crippen LogP contribution in [0.1, 0.15) is 20.8 Å². The molecule has 0 unspecified atom stereocenters. The lowest BCUT2D eigenvalue weighted by atomic mass is 10.1. The summed E-state index contributed by atoms with van der Waals surface area (Å²) in [4.78, 5) is 22.8. The van der Waals surface area contributed by atoms with Gasteiger partial charge in [0.15, 0.2) is 5.69 Å². The van der Waals surface area contributed by atoms with Crippen molar-refractivity contribution in [3.05, 3.63) is 35.5 Å². The second kappa shape index (κ2) is 5.93. The fourth-order valence-corrected chi connectivity index (χ4v) is 1.65. The number of nitrogens with one attached hydrogen (secondary N) is 2. The monoisotopic (exact) mass is 275 g/mol. The Kier molecular flexibility index (Phi) is 4.06. The summed E-state index contributed by atoms with van der Waals surface area (Å²) in [5, 5.41) is 21.0. The summed E-state index contributed by atoms with van der Waals surface area (Å²) in [5.41, 5.74) is 6.61. The molecule has 1 aromatic carbocycles.